The summed E-state index contributed by atoms with van der Waals surface area (Å²) < 4.78 is 26.5. The van der Waals surface area contributed by atoms with Gasteiger partial charge < -0.3 is 5.73 Å². The first kappa shape index (κ1) is 22.4. The normalized spacial score (nSPS) is 14.8. The highest BCUT2D eigenvalue weighted by Gasteiger charge is 2.32. The Labute approximate surface area is 144 Å². The Hall–Kier alpha value is -0.625. The molecule has 1 atom stereocenters. The monoisotopic (exact) mass is 342 g/mol. The van der Waals surface area contributed by atoms with E-state index in [-0.39, 0.29) is 22.8 Å². The van der Waals surface area contributed by atoms with Gasteiger partial charge in [0.25, 0.3) is 5.66 Å². The van der Waals surface area contributed by atoms with Crippen LogP contribution in [0, 0.1) is 10.8 Å². The predicted octanol–water partition coefficient (Wildman–Crippen LogP) is 5.73. The number of halogens is 2. The summed E-state index contributed by atoms with van der Waals surface area (Å²) in [5, 5.41) is 0. The lowest BCUT2D eigenvalue weighted by Crippen LogP contribution is -2.30. The zero-order chi connectivity index (χ0) is 18.5. The van der Waals surface area contributed by atoms with Crippen molar-refractivity contribution in [2.75, 3.05) is 0 Å². The molecule has 0 heterocycles. The molecule has 0 aliphatic rings. The Kier molecular flexibility index (Phi) is 8.24. The molecule has 1 unspecified atom stereocenters. The first-order chi connectivity index (χ1) is 10.2. The highest BCUT2D eigenvalue weighted by molar-refractivity contribution is 7.18. The van der Waals surface area contributed by atoms with Crippen molar-refractivity contribution in [3.8, 4) is 0 Å². The zero-order valence-electron chi connectivity index (χ0n) is 15.5. The number of hydrogen-bond acceptors (Lipinski definition) is 1. The number of nitrogens with two attached hydrogens (primary N) is 1. The van der Waals surface area contributed by atoms with Gasteiger partial charge in [-0.1, -0.05) is 63.2 Å². The van der Waals surface area contributed by atoms with Gasteiger partial charge in [-0.05, 0) is 29.7 Å². The fourth-order valence-electron chi connectivity index (χ4n) is 1.77. The molecule has 1 radical (unpaired) electrons. The van der Waals surface area contributed by atoms with Crippen LogP contribution in [0.5, 0.6) is 0 Å². The van der Waals surface area contributed by atoms with E-state index in [1.807, 2.05) is 0 Å². The molecule has 131 valence electrons. The minimum absolute atomic E-state index is 0.0499. The fraction of sp³-hybridized carbons (Fsp3) is 0.667. The van der Waals surface area contributed by atoms with Gasteiger partial charge in [-0.25, -0.2) is 0 Å². The van der Waals surface area contributed by atoms with Gasteiger partial charge in [0.15, 0.2) is 0 Å². The Morgan fingerprint density at radius 3 is 2.09 bits per heavy atom. The molecule has 0 fully saturated rings. The average Bonchev–Trinajstić information content (AvgIpc) is 2.34. The second-order valence-electron chi connectivity index (χ2n) is 7.79. The maximum Gasteiger partial charge on any atom is 0.280 e. The van der Waals surface area contributed by atoms with E-state index in [1.54, 1.807) is 22.2 Å². The molecule has 0 saturated heterocycles. The van der Waals surface area contributed by atoms with E-state index in [4.69, 9.17) is 5.73 Å². The van der Waals surface area contributed by atoms with Crippen LogP contribution in [0.2, 0.25) is 6.32 Å². The standard InChI is InChI=1S/C18H32BF2NP/c1-8-14(18(20,21)23)9-10-15(22)11-13(2)19-12-17(6,7)16(3,4)5/h9-10H,2,8,11-12,22-23H2,1,3-7H3/b14-9+,15-10+. The lowest BCUT2D eigenvalue weighted by molar-refractivity contribution is 0.143. The highest BCUT2D eigenvalue weighted by Crippen LogP contribution is 2.41. The van der Waals surface area contributed by atoms with Gasteiger partial charge >= 0.3 is 0 Å². The topological polar surface area (TPSA) is 26.0 Å². The molecular formula is C18H32BF2NP. The molecule has 0 bridgehead atoms. The van der Waals surface area contributed by atoms with E-state index in [9.17, 15) is 8.78 Å². The molecule has 0 aliphatic heterocycles. The molecule has 1 nitrogen and oxygen atoms in total. The number of hydrogen-bond donors (Lipinski definition) is 1. The van der Waals surface area contributed by atoms with Crippen molar-refractivity contribution < 1.29 is 8.78 Å². The van der Waals surface area contributed by atoms with Crippen LogP contribution in [0.1, 0.15) is 54.4 Å². The largest absolute Gasteiger partial charge is 0.402 e. The summed E-state index contributed by atoms with van der Waals surface area (Å²) in [6.07, 6.45) is 4.66. The minimum Gasteiger partial charge on any atom is -0.402 e. The SMILES string of the molecule is C=C([B]CC(C)(C)C(C)(C)C)C/C(N)=C\C=C(/CC)C(F)(F)P. The summed E-state index contributed by atoms with van der Waals surface area (Å²) >= 11 is 0. The van der Waals surface area contributed by atoms with Crippen LogP contribution in [-0.2, 0) is 0 Å². The van der Waals surface area contributed by atoms with Gasteiger partial charge in [-0.3, -0.25) is 0 Å². The molecule has 23 heavy (non-hydrogen) atoms. The second-order valence-corrected chi connectivity index (χ2v) is 8.51. The third-order valence-electron chi connectivity index (χ3n) is 4.67. The van der Waals surface area contributed by atoms with Gasteiger partial charge in [-0.15, -0.1) is 12.1 Å². The van der Waals surface area contributed by atoms with E-state index in [0.29, 0.717) is 12.1 Å². The average molecular weight is 342 g/mol. The van der Waals surface area contributed by atoms with Crippen molar-refractivity contribution in [3.63, 3.8) is 0 Å². The van der Waals surface area contributed by atoms with Gasteiger partial charge in [-0.2, -0.15) is 8.78 Å². The van der Waals surface area contributed by atoms with Crippen LogP contribution < -0.4 is 5.73 Å². The molecule has 0 aromatic heterocycles. The third kappa shape index (κ3) is 8.15. The smallest absolute Gasteiger partial charge is 0.280 e. The molecule has 0 aromatic carbocycles. The molecular weight excluding hydrogens is 310 g/mol. The van der Waals surface area contributed by atoms with Gasteiger partial charge in [0.1, 0.15) is 7.28 Å². The van der Waals surface area contributed by atoms with Crippen LogP contribution in [0.25, 0.3) is 0 Å². The number of allylic oxidation sites excluding steroid dienone is 4. The fourth-order valence-corrected chi connectivity index (χ4v) is 2.07. The molecule has 0 amide bonds. The summed E-state index contributed by atoms with van der Waals surface area (Å²) in [6.45, 7) is 16.8. The van der Waals surface area contributed by atoms with E-state index in [2.05, 4.69) is 48.5 Å². The third-order valence-corrected chi connectivity index (χ3v) is 5.04. The van der Waals surface area contributed by atoms with Gasteiger partial charge in [0.05, 0.1) is 0 Å². The molecule has 2 N–H and O–H groups in total. The Bertz CT molecular complexity index is 468. The van der Waals surface area contributed by atoms with Crippen LogP contribution >= 0.6 is 9.24 Å². The Morgan fingerprint density at radius 2 is 1.70 bits per heavy atom. The van der Waals surface area contributed by atoms with Crippen molar-refractivity contribution in [1.82, 2.24) is 0 Å². The maximum atomic E-state index is 13.3. The van der Waals surface area contributed by atoms with Crippen molar-refractivity contribution in [1.29, 1.82) is 0 Å². The Balaban J connectivity index is 4.69. The van der Waals surface area contributed by atoms with Crippen LogP contribution in [0.3, 0.4) is 0 Å². The molecule has 0 spiro atoms. The molecule has 0 rings (SSSR count). The van der Waals surface area contributed by atoms with Crippen molar-refractivity contribution >= 4 is 16.5 Å². The number of rotatable bonds is 8. The maximum absolute atomic E-state index is 13.3. The van der Waals surface area contributed by atoms with Crippen molar-refractivity contribution in [2.45, 2.75) is 66.4 Å². The number of alkyl halides is 2. The first-order valence-electron chi connectivity index (χ1n) is 8.04. The van der Waals surface area contributed by atoms with Crippen molar-refractivity contribution in [3.05, 3.63) is 35.5 Å². The molecule has 0 saturated carbocycles. The Morgan fingerprint density at radius 1 is 1.17 bits per heavy atom. The van der Waals surface area contributed by atoms with E-state index >= 15 is 0 Å². The molecule has 0 aromatic rings. The lowest BCUT2D eigenvalue weighted by Gasteiger charge is -2.39. The van der Waals surface area contributed by atoms with E-state index in [1.165, 1.54) is 6.08 Å². The molecule has 5 heteroatoms. The minimum atomic E-state index is -2.88. The van der Waals surface area contributed by atoms with E-state index < -0.39 is 5.66 Å². The van der Waals surface area contributed by atoms with E-state index in [0.717, 1.165) is 11.8 Å². The van der Waals surface area contributed by atoms with Gasteiger partial charge in [0.2, 0.25) is 0 Å². The summed E-state index contributed by atoms with van der Waals surface area (Å²) in [6, 6.07) is 0. The highest BCUT2D eigenvalue weighted by atomic mass is 31.0. The summed E-state index contributed by atoms with van der Waals surface area (Å²) in [4.78, 5) is 0. The summed E-state index contributed by atoms with van der Waals surface area (Å²) in [5.74, 6) is 0. The van der Waals surface area contributed by atoms with Crippen LogP contribution in [-0.4, -0.2) is 12.9 Å². The summed E-state index contributed by atoms with van der Waals surface area (Å²) in [5.41, 5.74) is 4.89. The summed E-state index contributed by atoms with van der Waals surface area (Å²) in [7, 11) is 3.66. The molecule has 0 aliphatic carbocycles. The quantitative estimate of drug-likeness (QED) is 0.340. The van der Waals surface area contributed by atoms with Crippen LogP contribution in [0.4, 0.5) is 8.78 Å². The van der Waals surface area contributed by atoms with Crippen molar-refractivity contribution in [2.24, 2.45) is 16.6 Å². The lowest BCUT2D eigenvalue weighted by atomic mass is 9.53. The zero-order valence-corrected chi connectivity index (χ0v) is 16.6. The van der Waals surface area contributed by atoms with Gasteiger partial charge in [0, 0.05) is 11.3 Å². The predicted molar refractivity (Wildman–Crippen MR) is 103 cm³/mol. The second kappa shape index (κ2) is 8.47. The first-order valence-corrected chi connectivity index (χ1v) is 8.62. The van der Waals surface area contributed by atoms with Crippen LogP contribution in [0.15, 0.2) is 35.5 Å².